The number of amides is 2. The first-order valence-electron chi connectivity index (χ1n) is 10.7. The summed E-state index contributed by atoms with van der Waals surface area (Å²) < 4.78 is 5.48. The van der Waals surface area contributed by atoms with Crippen LogP contribution in [0.3, 0.4) is 0 Å². The predicted molar refractivity (Wildman–Crippen MR) is 122 cm³/mol. The Hall–Kier alpha value is -2.90. The molecule has 7 heteroatoms. The van der Waals surface area contributed by atoms with Crippen LogP contribution in [0.15, 0.2) is 54.6 Å². The van der Waals surface area contributed by atoms with Crippen molar-refractivity contribution < 1.29 is 14.3 Å². The standard InChI is InChI=1S/C24H32N4O3/c1-27(2)21-10-8-20(9-11-21)22(28-14-16-31-17-15-28)18-26-24(30)23(29)25-13-12-19-6-4-3-5-7-19/h3-11,22H,12-18H2,1-2H3,(H,25,29)(H,26,30)/t22-/m1/s1. The second kappa shape index (κ2) is 11.5. The average molecular weight is 425 g/mol. The summed E-state index contributed by atoms with van der Waals surface area (Å²) in [5.74, 6) is -1.20. The lowest BCUT2D eigenvalue weighted by Crippen LogP contribution is -2.47. The lowest BCUT2D eigenvalue weighted by Gasteiger charge is -2.35. The number of rotatable bonds is 8. The number of hydrogen-bond acceptors (Lipinski definition) is 5. The molecule has 1 heterocycles. The first kappa shape index (κ1) is 22.8. The molecular formula is C24H32N4O3. The van der Waals surface area contributed by atoms with Crippen LogP contribution in [-0.4, -0.2) is 70.2 Å². The van der Waals surface area contributed by atoms with Gasteiger partial charge in [0.2, 0.25) is 0 Å². The van der Waals surface area contributed by atoms with Crippen LogP contribution in [0.5, 0.6) is 0 Å². The molecule has 2 amide bonds. The summed E-state index contributed by atoms with van der Waals surface area (Å²) in [4.78, 5) is 28.9. The predicted octanol–water partition coefficient (Wildman–Crippen LogP) is 1.60. The number of ether oxygens (including phenoxy) is 1. The zero-order valence-electron chi connectivity index (χ0n) is 18.3. The third-order valence-corrected chi connectivity index (χ3v) is 5.48. The van der Waals surface area contributed by atoms with Gasteiger partial charge in [0.15, 0.2) is 0 Å². The van der Waals surface area contributed by atoms with Crippen molar-refractivity contribution >= 4 is 17.5 Å². The Morgan fingerprint density at radius 2 is 1.61 bits per heavy atom. The minimum atomic E-state index is -0.601. The highest BCUT2D eigenvalue weighted by atomic mass is 16.5. The van der Waals surface area contributed by atoms with E-state index in [1.807, 2.05) is 44.4 Å². The van der Waals surface area contributed by atoms with Crippen LogP contribution < -0.4 is 15.5 Å². The molecular weight excluding hydrogens is 392 g/mol. The molecule has 0 spiro atoms. The summed E-state index contributed by atoms with van der Waals surface area (Å²) in [6.45, 7) is 3.71. The second-order valence-electron chi connectivity index (χ2n) is 7.85. The number of carbonyl (C=O) groups excluding carboxylic acids is 2. The Labute approximate surface area is 184 Å². The molecule has 0 aliphatic carbocycles. The van der Waals surface area contributed by atoms with Crippen LogP contribution in [-0.2, 0) is 20.7 Å². The molecule has 1 aliphatic heterocycles. The molecule has 3 rings (SSSR count). The Morgan fingerprint density at radius 3 is 2.26 bits per heavy atom. The number of nitrogens with one attached hydrogen (secondary N) is 2. The molecule has 7 nitrogen and oxygen atoms in total. The van der Waals surface area contributed by atoms with E-state index in [2.05, 4.69) is 44.7 Å². The van der Waals surface area contributed by atoms with Gasteiger partial charge in [-0.2, -0.15) is 0 Å². The third kappa shape index (κ3) is 6.80. The molecule has 0 aromatic heterocycles. The van der Waals surface area contributed by atoms with Crippen molar-refractivity contribution in [2.45, 2.75) is 12.5 Å². The van der Waals surface area contributed by atoms with Gasteiger partial charge in [-0.15, -0.1) is 0 Å². The zero-order chi connectivity index (χ0) is 22.1. The van der Waals surface area contributed by atoms with Crippen molar-refractivity contribution in [2.75, 3.05) is 58.4 Å². The van der Waals surface area contributed by atoms with Crippen molar-refractivity contribution in [1.82, 2.24) is 15.5 Å². The van der Waals surface area contributed by atoms with E-state index in [1.165, 1.54) is 0 Å². The second-order valence-corrected chi connectivity index (χ2v) is 7.85. The van der Waals surface area contributed by atoms with Crippen molar-refractivity contribution in [3.8, 4) is 0 Å². The van der Waals surface area contributed by atoms with E-state index < -0.39 is 11.8 Å². The highest BCUT2D eigenvalue weighted by Crippen LogP contribution is 2.23. The van der Waals surface area contributed by atoms with E-state index in [9.17, 15) is 9.59 Å². The Bertz CT molecular complexity index is 834. The molecule has 31 heavy (non-hydrogen) atoms. The maximum Gasteiger partial charge on any atom is 0.309 e. The van der Waals surface area contributed by atoms with Crippen LogP contribution in [0.4, 0.5) is 5.69 Å². The van der Waals surface area contributed by atoms with Gasteiger partial charge in [-0.25, -0.2) is 0 Å². The van der Waals surface area contributed by atoms with Gasteiger partial charge in [-0.1, -0.05) is 42.5 Å². The van der Waals surface area contributed by atoms with E-state index in [4.69, 9.17) is 4.74 Å². The molecule has 1 fully saturated rings. The number of benzene rings is 2. The maximum absolute atomic E-state index is 12.4. The molecule has 0 unspecified atom stereocenters. The highest BCUT2D eigenvalue weighted by molar-refractivity contribution is 6.35. The molecule has 0 saturated carbocycles. The Balaban J connectivity index is 1.56. The molecule has 2 aromatic carbocycles. The minimum absolute atomic E-state index is 0.0128. The number of morpholine rings is 1. The number of anilines is 1. The largest absolute Gasteiger partial charge is 0.379 e. The van der Waals surface area contributed by atoms with Gasteiger partial charge in [-0.05, 0) is 29.7 Å². The highest BCUT2D eigenvalue weighted by Gasteiger charge is 2.24. The van der Waals surface area contributed by atoms with Gasteiger partial charge in [0, 0.05) is 46.0 Å². The summed E-state index contributed by atoms with van der Waals surface area (Å²) in [6.07, 6.45) is 0.689. The number of carbonyl (C=O) groups is 2. The van der Waals surface area contributed by atoms with E-state index in [-0.39, 0.29) is 6.04 Å². The van der Waals surface area contributed by atoms with Crippen molar-refractivity contribution in [1.29, 1.82) is 0 Å². The fourth-order valence-corrected chi connectivity index (χ4v) is 3.66. The quantitative estimate of drug-likeness (QED) is 0.630. The lowest BCUT2D eigenvalue weighted by atomic mass is 10.0. The first-order valence-corrected chi connectivity index (χ1v) is 10.7. The van der Waals surface area contributed by atoms with E-state index in [1.54, 1.807) is 0 Å². The van der Waals surface area contributed by atoms with Gasteiger partial charge in [0.05, 0.1) is 19.3 Å². The fourth-order valence-electron chi connectivity index (χ4n) is 3.66. The number of hydrogen-bond donors (Lipinski definition) is 2. The summed E-state index contributed by atoms with van der Waals surface area (Å²) >= 11 is 0. The fraction of sp³-hybridized carbons (Fsp3) is 0.417. The molecule has 1 saturated heterocycles. The monoisotopic (exact) mass is 424 g/mol. The van der Waals surface area contributed by atoms with Crippen LogP contribution in [0.25, 0.3) is 0 Å². The van der Waals surface area contributed by atoms with E-state index in [0.717, 1.165) is 29.9 Å². The maximum atomic E-state index is 12.4. The van der Waals surface area contributed by atoms with Gasteiger partial charge in [0.1, 0.15) is 0 Å². The lowest BCUT2D eigenvalue weighted by molar-refractivity contribution is -0.139. The van der Waals surface area contributed by atoms with Gasteiger partial charge < -0.3 is 20.3 Å². The summed E-state index contributed by atoms with van der Waals surface area (Å²) in [7, 11) is 4.01. The summed E-state index contributed by atoms with van der Waals surface area (Å²) in [5, 5.41) is 5.52. The molecule has 2 aromatic rings. The average Bonchev–Trinajstić information content (AvgIpc) is 2.80. The SMILES string of the molecule is CN(C)c1ccc([C@@H](CNC(=O)C(=O)NCCc2ccccc2)N2CCOCC2)cc1. The van der Waals surface area contributed by atoms with Crippen LogP contribution in [0.1, 0.15) is 17.2 Å². The third-order valence-electron chi connectivity index (χ3n) is 5.48. The first-order chi connectivity index (χ1) is 15.0. The normalized spacial score (nSPS) is 15.2. The van der Waals surface area contributed by atoms with Gasteiger partial charge >= 0.3 is 11.8 Å². The Morgan fingerprint density at radius 1 is 0.968 bits per heavy atom. The zero-order valence-corrected chi connectivity index (χ0v) is 18.3. The van der Waals surface area contributed by atoms with E-state index in [0.29, 0.717) is 32.7 Å². The van der Waals surface area contributed by atoms with Crippen molar-refractivity contribution in [3.63, 3.8) is 0 Å². The topological polar surface area (TPSA) is 73.9 Å². The van der Waals surface area contributed by atoms with Crippen LogP contribution in [0, 0.1) is 0 Å². The van der Waals surface area contributed by atoms with Crippen molar-refractivity contribution in [3.05, 3.63) is 65.7 Å². The van der Waals surface area contributed by atoms with Gasteiger partial charge in [0.25, 0.3) is 0 Å². The molecule has 0 bridgehead atoms. The smallest absolute Gasteiger partial charge is 0.309 e. The minimum Gasteiger partial charge on any atom is -0.379 e. The molecule has 1 atom stereocenters. The molecule has 2 N–H and O–H groups in total. The van der Waals surface area contributed by atoms with Crippen LogP contribution >= 0.6 is 0 Å². The van der Waals surface area contributed by atoms with Crippen molar-refractivity contribution in [2.24, 2.45) is 0 Å². The Kier molecular flexibility index (Phi) is 8.44. The molecule has 1 aliphatic rings. The molecule has 0 radical (unpaired) electrons. The van der Waals surface area contributed by atoms with Gasteiger partial charge in [-0.3, -0.25) is 14.5 Å². The number of nitrogens with zero attached hydrogens (tertiary/aromatic N) is 2. The summed E-state index contributed by atoms with van der Waals surface area (Å²) in [6, 6.07) is 18.2. The van der Waals surface area contributed by atoms with Crippen LogP contribution in [0.2, 0.25) is 0 Å². The molecule has 166 valence electrons. The summed E-state index contributed by atoms with van der Waals surface area (Å²) in [5.41, 5.74) is 3.35. The van der Waals surface area contributed by atoms with E-state index >= 15 is 0 Å².